The second-order valence-corrected chi connectivity index (χ2v) is 7.45. The lowest BCUT2D eigenvalue weighted by Crippen LogP contribution is -2.51. The summed E-state index contributed by atoms with van der Waals surface area (Å²) < 4.78 is 0. The van der Waals surface area contributed by atoms with Gasteiger partial charge in [0.15, 0.2) is 0 Å². The van der Waals surface area contributed by atoms with Gasteiger partial charge in [-0.3, -0.25) is 15.2 Å². The van der Waals surface area contributed by atoms with Crippen LogP contribution >= 0.6 is 0 Å². The molecule has 0 heterocycles. The van der Waals surface area contributed by atoms with Crippen LogP contribution in [0.15, 0.2) is 30.3 Å². The van der Waals surface area contributed by atoms with Crippen LogP contribution in [-0.2, 0) is 4.79 Å². The second kappa shape index (κ2) is 10.5. The van der Waals surface area contributed by atoms with Crippen LogP contribution < -0.4 is 11.2 Å². The molecule has 1 fully saturated rings. The highest BCUT2D eigenvalue weighted by Gasteiger charge is 2.30. The van der Waals surface area contributed by atoms with E-state index < -0.39 is 24.2 Å². The number of benzene rings is 1. The van der Waals surface area contributed by atoms with E-state index in [-0.39, 0.29) is 0 Å². The topological polar surface area (TPSA) is 98.8 Å². The van der Waals surface area contributed by atoms with Gasteiger partial charge in [0.1, 0.15) is 6.10 Å². The number of aliphatic hydroxyl groups excluding tert-OH is 2. The Labute approximate surface area is 156 Å². The Hall–Kier alpha value is -1.63. The number of rotatable bonds is 9. The quantitative estimate of drug-likeness (QED) is 0.505. The predicted molar refractivity (Wildman–Crippen MR) is 103 cm³/mol. The summed E-state index contributed by atoms with van der Waals surface area (Å²) in [5.41, 5.74) is 9.94. The molecule has 0 saturated heterocycles. The Kier molecular flexibility index (Phi) is 8.35. The van der Waals surface area contributed by atoms with Crippen molar-refractivity contribution < 1.29 is 15.0 Å². The van der Waals surface area contributed by atoms with Gasteiger partial charge in [0, 0.05) is 12.6 Å². The Bertz CT molecular complexity index is 532. The summed E-state index contributed by atoms with van der Waals surface area (Å²) in [6.07, 6.45) is 5.23. The molecule has 0 aromatic heterocycles. The highest BCUT2D eigenvalue weighted by Crippen LogP contribution is 2.27. The highest BCUT2D eigenvalue weighted by atomic mass is 16.3. The maximum absolute atomic E-state index is 12.8. The van der Waals surface area contributed by atoms with Gasteiger partial charge < -0.3 is 15.9 Å². The van der Waals surface area contributed by atoms with E-state index in [1.54, 1.807) is 6.92 Å². The first-order chi connectivity index (χ1) is 12.5. The van der Waals surface area contributed by atoms with Gasteiger partial charge in [-0.15, -0.1) is 0 Å². The van der Waals surface area contributed by atoms with Crippen LogP contribution in [0.2, 0.25) is 0 Å². The lowest BCUT2D eigenvalue weighted by Gasteiger charge is -2.31. The molecule has 1 aromatic rings. The zero-order valence-corrected chi connectivity index (χ0v) is 15.7. The molecule has 2 rings (SSSR count). The third-order valence-electron chi connectivity index (χ3n) is 5.06. The zero-order chi connectivity index (χ0) is 18.9. The lowest BCUT2D eigenvalue weighted by atomic mass is 9.84. The zero-order valence-electron chi connectivity index (χ0n) is 15.7. The van der Waals surface area contributed by atoms with E-state index in [9.17, 15) is 15.0 Å². The third kappa shape index (κ3) is 6.59. The number of hydrazine groups is 1. The first-order valence-electron chi connectivity index (χ1n) is 9.72. The summed E-state index contributed by atoms with van der Waals surface area (Å²) in [7, 11) is 0. The van der Waals surface area contributed by atoms with Crippen molar-refractivity contribution >= 4 is 11.6 Å². The van der Waals surface area contributed by atoms with Gasteiger partial charge in [-0.1, -0.05) is 50.3 Å². The van der Waals surface area contributed by atoms with Crippen molar-refractivity contribution in [1.82, 2.24) is 5.01 Å². The smallest absolute Gasteiger partial charge is 0.271 e. The second-order valence-electron chi connectivity index (χ2n) is 7.45. The third-order valence-corrected chi connectivity index (χ3v) is 5.06. The standard InChI is InChI=1S/C20H33N3O3/c1-15(24)12-13-23(22-17-10-6-3-7-11-17)20(26)19(25)18(21)14-16-8-4-2-5-9-16/h3,6-7,10-11,15-16,18-19,22,24-25H,2,4-5,8-9,12-14,21H2,1H3/t15?,18-,19?/m1/s1. The van der Waals surface area contributed by atoms with E-state index in [1.165, 1.54) is 24.3 Å². The summed E-state index contributed by atoms with van der Waals surface area (Å²) in [6, 6.07) is 8.74. The average Bonchev–Trinajstić information content (AvgIpc) is 2.65. The van der Waals surface area contributed by atoms with Gasteiger partial charge in [0.2, 0.25) is 0 Å². The maximum Gasteiger partial charge on any atom is 0.271 e. The molecule has 146 valence electrons. The van der Waals surface area contributed by atoms with Gasteiger partial charge in [-0.05, 0) is 37.8 Å². The minimum absolute atomic E-state index is 0.290. The van der Waals surface area contributed by atoms with Gasteiger partial charge in [0.25, 0.3) is 5.91 Å². The molecule has 1 saturated carbocycles. The molecule has 6 heteroatoms. The summed E-state index contributed by atoms with van der Waals surface area (Å²) in [4.78, 5) is 12.8. The molecular formula is C20H33N3O3. The number of anilines is 1. The van der Waals surface area contributed by atoms with Crippen LogP contribution in [0.25, 0.3) is 0 Å². The summed E-state index contributed by atoms with van der Waals surface area (Å²) in [5, 5.41) is 21.4. The number of carbonyl (C=O) groups is 1. The fourth-order valence-electron chi connectivity index (χ4n) is 3.49. The molecule has 3 atom stereocenters. The van der Waals surface area contributed by atoms with Crippen molar-refractivity contribution in [3.8, 4) is 0 Å². The number of nitrogens with one attached hydrogen (secondary N) is 1. The van der Waals surface area contributed by atoms with E-state index in [4.69, 9.17) is 5.73 Å². The number of nitrogens with zero attached hydrogens (tertiary/aromatic N) is 1. The van der Waals surface area contributed by atoms with Crippen molar-refractivity contribution in [1.29, 1.82) is 0 Å². The molecule has 2 unspecified atom stereocenters. The van der Waals surface area contributed by atoms with Gasteiger partial charge in [0.05, 0.1) is 11.8 Å². The Morgan fingerprint density at radius 2 is 1.88 bits per heavy atom. The Morgan fingerprint density at radius 1 is 1.23 bits per heavy atom. The summed E-state index contributed by atoms with van der Waals surface area (Å²) in [6.45, 7) is 1.97. The fourth-order valence-corrected chi connectivity index (χ4v) is 3.49. The van der Waals surface area contributed by atoms with E-state index in [1.807, 2.05) is 30.3 Å². The fraction of sp³-hybridized carbons (Fsp3) is 0.650. The lowest BCUT2D eigenvalue weighted by molar-refractivity contribution is -0.140. The van der Waals surface area contributed by atoms with E-state index in [0.29, 0.717) is 25.3 Å². The van der Waals surface area contributed by atoms with Crippen LogP contribution in [0.4, 0.5) is 5.69 Å². The minimum atomic E-state index is -1.25. The average molecular weight is 364 g/mol. The predicted octanol–water partition coefficient (Wildman–Crippen LogP) is 2.27. The normalized spacial score (nSPS) is 18.8. The summed E-state index contributed by atoms with van der Waals surface area (Å²) >= 11 is 0. The minimum Gasteiger partial charge on any atom is -0.393 e. The monoisotopic (exact) mass is 363 g/mol. The van der Waals surface area contributed by atoms with E-state index in [0.717, 1.165) is 18.5 Å². The van der Waals surface area contributed by atoms with E-state index >= 15 is 0 Å². The maximum atomic E-state index is 12.8. The number of hydrogen-bond donors (Lipinski definition) is 4. The Balaban J connectivity index is 1.97. The molecule has 1 aliphatic carbocycles. The van der Waals surface area contributed by atoms with E-state index in [2.05, 4.69) is 5.43 Å². The van der Waals surface area contributed by atoms with Crippen molar-refractivity contribution in [3.05, 3.63) is 30.3 Å². The molecule has 26 heavy (non-hydrogen) atoms. The van der Waals surface area contributed by atoms with Gasteiger partial charge >= 0.3 is 0 Å². The van der Waals surface area contributed by atoms with Crippen LogP contribution in [0, 0.1) is 5.92 Å². The molecular weight excluding hydrogens is 330 g/mol. The van der Waals surface area contributed by atoms with Crippen molar-refractivity contribution in [3.63, 3.8) is 0 Å². The number of para-hydroxylation sites is 1. The number of hydrogen-bond acceptors (Lipinski definition) is 5. The molecule has 0 radical (unpaired) electrons. The van der Waals surface area contributed by atoms with Crippen molar-refractivity contribution in [2.75, 3.05) is 12.0 Å². The molecule has 1 aromatic carbocycles. The molecule has 6 nitrogen and oxygen atoms in total. The van der Waals surface area contributed by atoms with Gasteiger partial charge in [-0.25, -0.2) is 0 Å². The molecule has 0 spiro atoms. The van der Waals surface area contributed by atoms with Crippen LogP contribution in [0.3, 0.4) is 0 Å². The number of amides is 1. The number of aliphatic hydroxyl groups is 2. The van der Waals surface area contributed by atoms with Crippen LogP contribution in [-0.4, -0.2) is 45.9 Å². The molecule has 5 N–H and O–H groups in total. The largest absolute Gasteiger partial charge is 0.393 e. The van der Waals surface area contributed by atoms with Crippen LogP contribution in [0.1, 0.15) is 51.9 Å². The molecule has 1 amide bonds. The molecule has 0 bridgehead atoms. The van der Waals surface area contributed by atoms with Gasteiger partial charge in [-0.2, -0.15) is 0 Å². The first-order valence-corrected chi connectivity index (χ1v) is 9.72. The number of carbonyl (C=O) groups excluding carboxylic acids is 1. The number of nitrogens with two attached hydrogens (primary N) is 1. The van der Waals surface area contributed by atoms with Crippen molar-refractivity contribution in [2.45, 2.75) is 70.1 Å². The molecule has 1 aliphatic rings. The Morgan fingerprint density at radius 3 is 2.50 bits per heavy atom. The highest BCUT2D eigenvalue weighted by molar-refractivity contribution is 5.82. The van der Waals surface area contributed by atoms with Crippen molar-refractivity contribution in [2.24, 2.45) is 11.7 Å². The molecule has 0 aliphatic heterocycles. The SMILES string of the molecule is CC(O)CCN(Nc1ccccc1)C(=O)C(O)[C@H](N)CC1CCCCC1. The summed E-state index contributed by atoms with van der Waals surface area (Å²) in [5.74, 6) is 0.0482. The first kappa shape index (κ1) is 20.7. The van der Waals surface area contributed by atoms with Crippen LogP contribution in [0.5, 0.6) is 0 Å².